The van der Waals surface area contributed by atoms with E-state index in [1.54, 1.807) is 23.6 Å². The summed E-state index contributed by atoms with van der Waals surface area (Å²) < 4.78 is 0. The number of nitrogens with one attached hydrogen (secondary N) is 1. The van der Waals surface area contributed by atoms with Gasteiger partial charge in [0, 0.05) is 17.6 Å². The number of aromatic nitrogens is 1. The lowest BCUT2D eigenvalue weighted by Gasteiger charge is -2.18. The molecule has 6 heteroatoms. The fourth-order valence-corrected chi connectivity index (χ4v) is 2.85. The Morgan fingerprint density at radius 3 is 2.90 bits per heavy atom. The van der Waals surface area contributed by atoms with Crippen molar-refractivity contribution in [1.29, 1.82) is 0 Å². The molecule has 1 amide bonds. The van der Waals surface area contributed by atoms with Gasteiger partial charge in [-0.15, -0.1) is 11.3 Å². The Labute approximate surface area is 133 Å². The molecule has 0 bridgehead atoms. The van der Waals surface area contributed by atoms with Crippen LogP contribution in [0.1, 0.15) is 23.4 Å². The van der Waals surface area contributed by atoms with Gasteiger partial charge in [0.15, 0.2) is 0 Å². The van der Waals surface area contributed by atoms with Crippen LogP contribution in [0.4, 0.5) is 0 Å². The topological polar surface area (TPSA) is 45.2 Å². The summed E-state index contributed by atoms with van der Waals surface area (Å²) in [5.74, 6) is 0.0142. The smallest absolute Gasteiger partial charge is 0.234 e. The number of carbonyl (C=O) groups is 1. The number of hydrogen-bond acceptors (Lipinski definition) is 4. The molecule has 0 aliphatic carbocycles. The van der Waals surface area contributed by atoms with Gasteiger partial charge < -0.3 is 5.32 Å². The lowest BCUT2D eigenvalue weighted by Crippen LogP contribution is -2.36. The number of pyridine rings is 1. The van der Waals surface area contributed by atoms with Gasteiger partial charge in [0.25, 0.3) is 0 Å². The largest absolute Gasteiger partial charge is 0.348 e. The minimum Gasteiger partial charge on any atom is -0.348 e. The second kappa shape index (κ2) is 7.54. The number of nitrogens with zero attached hydrogens (tertiary/aromatic N) is 2. The summed E-state index contributed by atoms with van der Waals surface area (Å²) in [4.78, 5) is 19.2. The van der Waals surface area contributed by atoms with Crippen molar-refractivity contribution in [3.8, 4) is 0 Å². The molecule has 0 saturated carbocycles. The molecule has 1 atom stereocenters. The summed E-state index contributed by atoms with van der Waals surface area (Å²) in [7, 11) is 1.91. The van der Waals surface area contributed by atoms with E-state index in [2.05, 4.69) is 10.3 Å². The highest BCUT2D eigenvalue weighted by atomic mass is 35.5. The van der Waals surface area contributed by atoms with Crippen molar-refractivity contribution in [2.45, 2.75) is 19.5 Å². The van der Waals surface area contributed by atoms with E-state index in [0.717, 1.165) is 10.4 Å². The average molecular weight is 324 g/mol. The Balaban J connectivity index is 1.80. The third-order valence-corrected chi connectivity index (χ3v) is 4.28. The minimum absolute atomic E-state index is 0.0142. The lowest BCUT2D eigenvalue weighted by molar-refractivity contribution is -0.122. The zero-order valence-electron chi connectivity index (χ0n) is 12.0. The van der Waals surface area contributed by atoms with Crippen LogP contribution in [0.25, 0.3) is 0 Å². The maximum absolute atomic E-state index is 12.0. The van der Waals surface area contributed by atoms with Crippen molar-refractivity contribution in [2.24, 2.45) is 0 Å². The van der Waals surface area contributed by atoms with Crippen molar-refractivity contribution < 1.29 is 4.79 Å². The molecule has 0 aromatic carbocycles. The summed E-state index contributed by atoms with van der Waals surface area (Å²) in [6, 6.07) is 7.73. The molecular formula is C15H18ClN3OS. The second-order valence-electron chi connectivity index (χ2n) is 4.97. The molecule has 0 radical (unpaired) electrons. The van der Waals surface area contributed by atoms with Crippen LogP contribution < -0.4 is 5.32 Å². The molecule has 2 aromatic rings. The first kappa shape index (κ1) is 15.9. The standard InChI is InChI=1S/C15H18ClN3OS/c1-11(13-4-3-7-21-13)18-15(20)10-19(2)9-12-5-6-14(16)17-8-12/h3-8,11H,9-10H2,1-2H3,(H,18,20)/t11-/m1/s1. The summed E-state index contributed by atoms with van der Waals surface area (Å²) in [6.07, 6.45) is 1.73. The molecule has 0 fully saturated rings. The van der Waals surface area contributed by atoms with Gasteiger partial charge in [-0.2, -0.15) is 0 Å². The van der Waals surface area contributed by atoms with Crippen LogP contribution in [0.3, 0.4) is 0 Å². The highest BCUT2D eigenvalue weighted by Crippen LogP contribution is 2.17. The maximum Gasteiger partial charge on any atom is 0.234 e. The van der Waals surface area contributed by atoms with Gasteiger partial charge in [-0.25, -0.2) is 4.98 Å². The molecule has 0 aliphatic rings. The predicted octanol–water partition coefficient (Wildman–Crippen LogP) is 3.11. The first-order valence-electron chi connectivity index (χ1n) is 6.66. The number of hydrogen-bond donors (Lipinski definition) is 1. The molecule has 0 unspecified atom stereocenters. The SMILES string of the molecule is C[C@@H](NC(=O)CN(C)Cc1ccc(Cl)nc1)c1cccs1. The van der Waals surface area contributed by atoms with E-state index in [0.29, 0.717) is 18.2 Å². The van der Waals surface area contributed by atoms with Crippen LogP contribution in [0.2, 0.25) is 5.15 Å². The van der Waals surface area contributed by atoms with Crippen LogP contribution >= 0.6 is 22.9 Å². The molecular weight excluding hydrogens is 306 g/mol. The van der Waals surface area contributed by atoms with Gasteiger partial charge >= 0.3 is 0 Å². The molecule has 0 spiro atoms. The van der Waals surface area contributed by atoms with E-state index in [1.165, 1.54) is 0 Å². The number of thiophene rings is 1. The highest BCUT2D eigenvalue weighted by Gasteiger charge is 2.12. The summed E-state index contributed by atoms with van der Waals surface area (Å²) in [6.45, 7) is 3.00. The van der Waals surface area contributed by atoms with Crippen LogP contribution in [0, 0.1) is 0 Å². The summed E-state index contributed by atoms with van der Waals surface area (Å²) in [5, 5.41) is 5.49. The number of amides is 1. The Bertz CT molecular complexity index is 571. The van der Waals surface area contributed by atoms with Crippen molar-refractivity contribution in [3.05, 3.63) is 51.4 Å². The van der Waals surface area contributed by atoms with E-state index in [1.807, 2.05) is 42.5 Å². The van der Waals surface area contributed by atoms with E-state index in [4.69, 9.17) is 11.6 Å². The van der Waals surface area contributed by atoms with Crippen molar-refractivity contribution in [2.75, 3.05) is 13.6 Å². The third-order valence-electron chi connectivity index (χ3n) is 3.00. The Kier molecular flexibility index (Phi) is 5.73. The molecule has 2 rings (SSSR count). The number of rotatable bonds is 6. The molecule has 112 valence electrons. The molecule has 0 saturated heterocycles. The second-order valence-corrected chi connectivity index (χ2v) is 6.33. The van der Waals surface area contributed by atoms with E-state index in [9.17, 15) is 4.79 Å². The molecule has 21 heavy (non-hydrogen) atoms. The normalized spacial score (nSPS) is 12.4. The summed E-state index contributed by atoms with van der Waals surface area (Å²) in [5.41, 5.74) is 1.03. The van der Waals surface area contributed by atoms with Crippen LogP contribution in [0.5, 0.6) is 0 Å². The number of carbonyl (C=O) groups excluding carboxylic acids is 1. The van der Waals surface area contributed by atoms with Crippen LogP contribution in [0.15, 0.2) is 35.8 Å². The number of halogens is 1. The van der Waals surface area contributed by atoms with E-state index in [-0.39, 0.29) is 11.9 Å². The van der Waals surface area contributed by atoms with Crippen molar-refractivity contribution in [1.82, 2.24) is 15.2 Å². The fourth-order valence-electron chi connectivity index (χ4n) is 2.01. The summed E-state index contributed by atoms with van der Waals surface area (Å²) >= 11 is 7.40. The minimum atomic E-state index is 0.0142. The van der Waals surface area contributed by atoms with Gasteiger partial charge in [0.2, 0.25) is 5.91 Å². The zero-order chi connectivity index (χ0) is 15.2. The quantitative estimate of drug-likeness (QED) is 0.831. The average Bonchev–Trinajstić information content (AvgIpc) is 2.95. The Morgan fingerprint density at radius 2 is 2.29 bits per heavy atom. The van der Waals surface area contributed by atoms with E-state index < -0.39 is 0 Å². The van der Waals surface area contributed by atoms with E-state index >= 15 is 0 Å². The lowest BCUT2D eigenvalue weighted by atomic mass is 10.2. The van der Waals surface area contributed by atoms with Crippen LogP contribution in [-0.4, -0.2) is 29.4 Å². The monoisotopic (exact) mass is 323 g/mol. The van der Waals surface area contributed by atoms with Crippen molar-refractivity contribution >= 4 is 28.8 Å². The molecule has 1 N–H and O–H groups in total. The molecule has 2 heterocycles. The van der Waals surface area contributed by atoms with Crippen molar-refractivity contribution in [3.63, 3.8) is 0 Å². The van der Waals surface area contributed by atoms with Gasteiger partial charge in [-0.3, -0.25) is 9.69 Å². The third kappa shape index (κ3) is 5.12. The molecule has 0 aliphatic heterocycles. The van der Waals surface area contributed by atoms with Gasteiger partial charge in [-0.1, -0.05) is 23.7 Å². The van der Waals surface area contributed by atoms with Gasteiger partial charge in [0.05, 0.1) is 12.6 Å². The molecule has 2 aromatic heterocycles. The predicted molar refractivity (Wildman–Crippen MR) is 86.5 cm³/mol. The maximum atomic E-state index is 12.0. The number of likely N-dealkylation sites (N-methyl/N-ethyl adjacent to an activating group) is 1. The first-order valence-corrected chi connectivity index (χ1v) is 7.92. The highest BCUT2D eigenvalue weighted by molar-refractivity contribution is 7.10. The Hall–Kier alpha value is -1.43. The van der Waals surface area contributed by atoms with Gasteiger partial charge in [-0.05, 0) is 37.0 Å². The molecule has 4 nitrogen and oxygen atoms in total. The zero-order valence-corrected chi connectivity index (χ0v) is 13.6. The Morgan fingerprint density at radius 1 is 1.48 bits per heavy atom. The fraction of sp³-hybridized carbons (Fsp3) is 0.333. The van der Waals surface area contributed by atoms with Gasteiger partial charge in [0.1, 0.15) is 5.15 Å². The van der Waals surface area contributed by atoms with Crippen LogP contribution in [-0.2, 0) is 11.3 Å². The first-order chi connectivity index (χ1) is 10.0.